The molecule has 170 valence electrons. The molecule has 0 saturated carbocycles. The minimum atomic E-state index is -0.953. The lowest BCUT2D eigenvalue weighted by atomic mass is 10.0. The largest absolute Gasteiger partial charge is 0.497 e. The number of methoxy groups -OCH3 is 1. The number of hydrogen-bond donors (Lipinski definition) is 2. The van der Waals surface area contributed by atoms with E-state index in [0.29, 0.717) is 5.11 Å². The molecule has 0 amide bonds. The van der Waals surface area contributed by atoms with Crippen LogP contribution in [0.25, 0.3) is 5.69 Å². The van der Waals surface area contributed by atoms with E-state index in [4.69, 9.17) is 17.0 Å². The molecule has 1 aliphatic rings. The summed E-state index contributed by atoms with van der Waals surface area (Å²) in [6.07, 6.45) is 3.74. The van der Waals surface area contributed by atoms with Crippen molar-refractivity contribution in [2.75, 3.05) is 12.0 Å². The molecule has 2 atom stereocenters. The number of aromatic carboxylic acids is 1. The Kier molecular flexibility index (Phi) is 5.73. The molecule has 0 aliphatic carbocycles. The van der Waals surface area contributed by atoms with Gasteiger partial charge in [0.25, 0.3) is 0 Å². The molecule has 0 radical (unpaired) electrons. The lowest BCUT2D eigenvalue weighted by Gasteiger charge is -2.29. The third-order valence-corrected chi connectivity index (χ3v) is 6.24. The molecule has 2 aromatic heterocycles. The first-order valence-corrected chi connectivity index (χ1v) is 11.1. The highest BCUT2D eigenvalue weighted by atomic mass is 32.1. The second-order valence-corrected chi connectivity index (χ2v) is 8.24. The summed E-state index contributed by atoms with van der Waals surface area (Å²) >= 11 is 5.80. The molecular weight excluding hydrogens is 448 g/mol. The Labute approximate surface area is 202 Å². The van der Waals surface area contributed by atoms with E-state index in [1.807, 2.05) is 54.7 Å². The van der Waals surface area contributed by atoms with Crippen LogP contribution in [0.4, 0.5) is 5.69 Å². The van der Waals surface area contributed by atoms with Crippen LogP contribution in [-0.2, 0) is 0 Å². The number of thiocarbonyl (C=S) groups is 1. The van der Waals surface area contributed by atoms with Gasteiger partial charge in [0.15, 0.2) is 5.11 Å². The van der Waals surface area contributed by atoms with Crippen LogP contribution < -0.4 is 15.0 Å². The lowest BCUT2D eigenvalue weighted by molar-refractivity contribution is 0.0697. The Bertz CT molecular complexity index is 1320. The topological polar surface area (TPSA) is 79.6 Å². The van der Waals surface area contributed by atoms with Crippen molar-refractivity contribution in [1.29, 1.82) is 0 Å². The number of nitrogens with zero attached hydrogens (tertiary/aromatic N) is 3. The molecule has 0 bridgehead atoms. The van der Waals surface area contributed by atoms with Crippen LogP contribution in [0.3, 0.4) is 0 Å². The zero-order chi connectivity index (χ0) is 23.7. The number of nitrogens with one attached hydrogen (secondary N) is 1. The van der Waals surface area contributed by atoms with E-state index in [-0.39, 0.29) is 17.6 Å². The van der Waals surface area contributed by atoms with Crippen molar-refractivity contribution in [3.8, 4) is 11.4 Å². The molecule has 0 unspecified atom stereocenters. The quantitative estimate of drug-likeness (QED) is 0.394. The summed E-state index contributed by atoms with van der Waals surface area (Å²) in [4.78, 5) is 18.0. The molecule has 5 rings (SSSR count). The number of carbonyl (C=O) groups is 1. The SMILES string of the molecule is COc1ccc(N2C(=S)N[C@@H](c3ccccn3)[C@H]2c2cccn2-c2ccc(C(=O)O)cc2)cc1. The fraction of sp³-hybridized carbons (Fsp3) is 0.115. The number of anilines is 1. The number of rotatable bonds is 6. The van der Waals surface area contributed by atoms with Crippen molar-refractivity contribution in [2.24, 2.45) is 0 Å². The Morgan fingerprint density at radius 2 is 1.74 bits per heavy atom. The molecule has 4 aromatic rings. The average Bonchev–Trinajstić information content (AvgIpc) is 3.49. The van der Waals surface area contributed by atoms with E-state index in [9.17, 15) is 9.90 Å². The number of hydrogen-bond acceptors (Lipinski definition) is 4. The molecule has 8 heteroatoms. The van der Waals surface area contributed by atoms with Gasteiger partial charge in [-0.2, -0.15) is 0 Å². The summed E-state index contributed by atoms with van der Waals surface area (Å²) in [6, 6.07) is 24.1. The van der Waals surface area contributed by atoms with Crippen LogP contribution in [0, 0.1) is 0 Å². The van der Waals surface area contributed by atoms with E-state index in [0.717, 1.165) is 28.5 Å². The predicted octanol–water partition coefficient (Wildman–Crippen LogP) is 4.76. The van der Waals surface area contributed by atoms with Gasteiger partial charge in [0.2, 0.25) is 0 Å². The maximum atomic E-state index is 11.3. The first-order valence-electron chi connectivity index (χ1n) is 10.7. The standard InChI is InChI=1S/C26H22N4O3S/c1-33-20-13-11-19(12-14-20)30-24(23(28-26(30)34)21-5-2-3-15-27-21)22-6-4-16-29(22)18-9-7-17(8-10-18)25(31)32/h2-16,23-24H,1H3,(H,28,34)(H,31,32)/t23-,24+/m0/s1. The third kappa shape index (κ3) is 3.88. The Morgan fingerprint density at radius 1 is 1.00 bits per heavy atom. The minimum absolute atomic E-state index is 0.192. The van der Waals surface area contributed by atoms with Crippen molar-refractivity contribution in [3.63, 3.8) is 0 Å². The van der Waals surface area contributed by atoms with Gasteiger partial charge in [-0.3, -0.25) is 4.98 Å². The molecule has 0 spiro atoms. The van der Waals surface area contributed by atoms with Crippen molar-refractivity contribution in [2.45, 2.75) is 12.1 Å². The first-order chi connectivity index (χ1) is 16.6. The molecule has 1 saturated heterocycles. The maximum absolute atomic E-state index is 11.3. The number of carboxylic acids is 1. The predicted molar refractivity (Wildman–Crippen MR) is 134 cm³/mol. The third-order valence-electron chi connectivity index (χ3n) is 5.92. The van der Waals surface area contributed by atoms with Crippen LogP contribution in [0.2, 0.25) is 0 Å². The number of aromatic nitrogens is 2. The van der Waals surface area contributed by atoms with Gasteiger partial charge in [0.05, 0.1) is 24.4 Å². The Hall–Kier alpha value is -4.17. The zero-order valence-corrected chi connectivity index (χ0v) is 19.1. The van der Waals surface area contributed by atoms with Crippen LogP contribution >= 0.6 is 12.2 Å². The van der Waals surface area contributed by atoms with Crippen molar-refractivity contribution in [3.05, 3.63) is 108 Å². The van der Waals surface area contributed by atoms with Crippen LogP contribution in [0.15, 0.2) is 91.3 Å². The Morgan fingerprint density at radius 3 is 2.38 bits per heavy atom. The monoisotopic (exact) mass is 470 g/mol. The molecule has 7 nitrogen and oxygen atoms in total. The van der Waals surface area contributed by atoms with Gasteiger partial charge in [0, 0.05) is 29.5 Å². The summed E-state index contributed by atoms with van der Waals surface area (Å²) in [5, 5.41) is 13.3. The summed E-state index contributed by atoms with van der Waals surface area (Å²) in [7, 11) is 1.64. The second kappa shape index (κ2) is 8.99. The molecule has 2 aromatic carbocycles. The first kappa shape index (κ1) is 21.7. The summed E-state index contributed by atoms with van der Waals surface area (Å²) in [5.41, 5.74) is 3.89. The van der Waals surface area contributed by atoms with E-state index in [1.165, 1.54) is 0 Å². The highest BCUT2D eigenvalue weighted by Gasteiger charge is 2.42. The van der Waals surface area contributed by atoms with Gasteiger partial charge >= 0.3 is 5.97 Å². The molecule has 2 N–H and O–H groups in total. The van der Waals surface area contributed by atoms with Crippen molar-refractivity contribution < 1.29 is 14.6 Å². The van der Waals surface area contributed by atoms with Gasteiger partial charge in [-0.25, -0.2) is 4.79 Å². The van der Waals surface area contributed by atoms with Gasteiger partial charge < -0.3 is 24.6 Å². The fourth-order valence-corrected chi connectivity index (χ4v) is 4.66. The molecule has 1 fully saturated rings. The van der Waals surface area contributed by atoms with Crippen molar-refractivity contribution >= 4 is 29.0 Å². The van der Waals surface area contributed by atoms with Gasteiger partial charge in [0.1, 0.15) is 11.8 Å². The fourth-order valence-electron chi connectivity index (χ4n) is 4.31. The highest BCUT2D eigenvalue weighted by Crippen LogP contribution is 2.42. The summed E-state index contributed by atoms with van der Waals surface area (Å²) in [6.45, 7) is 0. The van der Waals surface area contributed by atoms with Gasteiger partial charge in [-0.05, 0) is 85.0 Å². The summed E-state index contributed by atoms with van der Waals surface area (Å²) < 4.78 is 7.38. The maximum Gasteiger partial charge on any atom is 0.335 e. The van der Waals surface area contributed by atoms with E-state index in [1.54, 1.807) is 37.6 Å². The minimum Gasteiger partial charge on any atom is -0.497 e. The smallest absolute Gasteiger partial charge is 0.335 e. The number of ether oxygens (including phenoxy) is 1. The number of benzene rings is 2. The second-order valence-electron chi connectivity index (χ2n) is 7.85. The number of carboxylic acid groups (broad SMARTS) is 1. The molecule has 34 heavy (non-hydrogen) atoms. The van der Waals surface area contributed by atoms with Crippen LogP contribution in [-0.4, -0.2) is 32.8 Å². The van der Waals surface area contributed by atoms with Crippen LogP contribution in [0.5, 0.6) is 5.75 Å². The molecular formula is C26H22N4O3S. The average molecular weight is 471 g/mol. The zero-order valence-electron chi connectivity index (χ0n) is 18.3. The Balaban J connectivity index is 1.62. The molecule has 1 aliphatic heterocycles. The molecule has 3 heterocycles. The highest BCUT2D eigenvalue weighted by molar-refractivity contribution is 7.80. The van der Waals surface area contributed by atoms with Gasteiger partial charge in [-0.15, -0.1) is 0 Å². The van der Waals surface area contributed by atoms with E-state index in [2.05, 4.69) is 25.8 Å². The summed E-state index contributed by atoms with van der Waals surface area (Å²) in [5.74, 6) is -0.188. The normalized spacial score (nSPS) is 17.4. The van der Waals surface area contributed by atoms with Crippen molar-refractivity contribution in [1.82, 2.24) is 14.9 Å². The van der Waals surface area contributed by atoms with Gasteiger partial charge in [-0.1, -0.05) is 6.07 Å². The lowest BCUT2D eigenvalue weighted by Crippen LogP contribution is -2.30. The van der Waals surface area contributed by atoms with E-state index >= 15 is 0 Å². The number of pyridine rings is 1. The van der Waals surface area contributed by atoms with E-state index < -0.39 is 5.97 Å². The van der Waals surface area contributed by atoms with Crippen LogP contribution in [0.1, 0.15) is 33.8 Å².